The molecule has 0 bridgehead atoms. The molecule has 2 aliphatic heterocycles. The number of carbonyl (C=O) groups is 3. The van der Waals surface area contributed by atoms with Crippen LogP contribution in [-0.4, -0.2) is 74.7 Å². The van der Waals surface area contributed by atoms with Gasteiger partial charge >= 0.3 is 0 Å². The second kappa shape index (κ2) is 11.6. The summed E-state index contributed by atoms with van der Waals surface area (Å²) in [6, 6.07) is 13.9. The molecule has 3 N–H and O–H groups in total. The van der Waals surface area contributed by atoms with Crippen molar-refractivity contribution in [2.45, 2.75) is 18.9 Å². The van der Waals surface area contributed by atoms with E-state index in [1.165, 1.54) is 0 Å². The molecule has 2 heterocycles. The first-order valence-electron chi connectivity index (χ1n) is 11.6. The van der Waals surface area contributed by atoms with Gasteiger partial charge in [0.05, 0.1) is 25.9 Å². The number of nitrogens with zero attached hydrogens (tertiary/aromatic N) is 1. The summed E-state index contributed by atoms with van der Waals surface area (Å²) in [5.74, 6) is -0.515. The van der Waals surface area contributed by atoms with Crippen LogP contribution in [0, 0.1) is 0 Å². The Hall–Kier alpha value is -3.43. The third-order valence-corrected chi connectivity index (χ3v) is 5.78. The number of anilines is 2. The first-order chi connectivity index (χ1) is 16.6. The van der Waals surface area contributed by atoms with Gasteiger partial charge in [0.1, 0.15) is 0 Å². The Morgan fingerprint density at radius 3 is 2.44 bits per heavy atom. The summed E-state index contributed by atoms with van der Waals surface area (Å²) in [5.41, 5.74) is 2.25. The van der Waals surface area contributed by atoms with Crippen molar-refractivity contribution in [2.24, 2.45) is 0 Å². The largest absolute Gasteiger partial charge is 0.378 e. The van der Waals surface area contributed by atoms with E-state index in [2.05, 4.69) is 16.0 Å². The zero-order valence-corrected chi connectivity index (χ0v) is 19.0. The van der Waals surface area contributed by atoms with Gasteiger partial charge in [-0.15, -0.1) is 0 Å². The SMILES string of the molecule is O=C(CNc1cccc(C(=O)N2CCOCC2)c1)Nc1cccc(C(=O)NCC2CCCO2)c1. The van der Waals surface area contributed by atoms with Crippen LogP contribution in [0.15, 0.2) is 48.5 Å². The molecular weight excluding hydrogens is 436 g/mol. The standard InChI is InChI=1S/C25H30N4O5/c30-23(17-26-20-6-2-5-19(15-20)25(32)29-9-12-33-13-10-29)28-21-7-1-4-18(14-21)24(31)27-16-22-8-3-11-34-22/h1-2,4-7,14-15,22,26H,3,8-13,16-17H2,(H,27,31)(H,28,30). The van der Waals surface area contributed by atoms with Gasteiger partial charge in [-0.05, 0) is 49.2 Å². The molecule has 9 heteroatoms. The van der Waals surface area contributed by atoms with E-state index in [0.29, 0.717) is 55.3 Å². The molecule has 2 saturated heterocycles. The summed E-state index contributed by atoms with van der Waals surface area (Å²) in [6.07, 6.45) is 2.04. The fourth-order valence-corrected chi connectivity index (χ4v) is 3.95. The third kappa shape index (κ3) is 6.55. The van der Waals surface area contributed by atoms with Gasteiger partial charge in [0.2, 0.25) is 5.91 Å². The van der Waals surface area contributed by atoms with E-state index in [0.717, 1.165) is 19.4 Å². The molecule has 180 valence electrons. The van der Waals surface area contributed by atoms with Gasteiger partial charge in [0.25, 0.3) is 11.8 Å². The van der Waals surface area contributed by atoms with Crippen molar-refractivity contribution < 1.29 is 23.9 Å². The molecule has 0 radical (unpaired) electrons. The zero-order valence-electron chi connectivity index (χ0n) is 19.0. The minimum atomic E-state index is -0.262. The number of rotatable bonds is 8. The van der Waals surface area contributed by atoms with Crippen molar-refractivity contribution in [3.8, 4) is 0 Å². The van der Waals surface area contributed by atoms with Gasteiger partial charge in [-0.1, -0.05) is 12.1 Å². The molecular formula is C25H30N4O5. The minimum absolute atomic E-state index is 0.0185. The number of morpholine rings is 1. The summed E-state index contributed by atoms with van der Waals surface area (Å²) in [7, 11) is 0. The summed E-state index contributed by atoms with van der Waals surface area (Å²) in [6.45, 7) is 3.47. The van der Waals surface area contributed by atoms with Crippen molar-refractivity contribution in [1.29, 1.82) is 0 Å². The van der Waals surface area contributed by atoms with E-state index in [4.69, 9.17) is 9.47 Å². The molecule has 2 aliphatic rings. The zero-order chi connectivity index (χ0) is 23.8. The molecule has 2 fully saturated rings. The Morgan fingerprint density at radius 2 is 1.68 bits per heavy atom. The van der Waals surface area contributed by atoms with Gasteiger partial charge in [0.15, 0.2) is 0 Å². The Bertz CT molecular complexity index is 1020. The van der Waals surface area contributed by atoms with Crippen LogP contribution in [-0.2, 0) is 14.3 Å². The Labute approximate surface area is 198 Å². The lowest BCUT2D eigenvalue weighted by atomic mass is 10.1. The highest BCUT2D eigenvalue weighted by atomic mass is 16.5. The van der Waals surface area contributed by atoms with Crippen molar-refractivity contribution in [3.63, 3.8) is 0 Å². The second-order valence-corrected chi connectivity index (χ2v) is 8.31. The topological polar surface area (TPSA) is 109 Å². The number of amides is 3. The predicted molar refractivity (Wildman–Crippen MR) is 128 cm³/mol. The first kappa shape index (κ1) is 23.7. The van der Waals surface area contributed by atoms with E-state index in [9.17, 15) is 14.4 Å². The van der Waals surface area contributed by atoms with E-state index in [1.807, 2.05) is 6.07 Å². The lowest BCUT2D eigenvalue weighted by Gasteiger charge is -2.27. The van der Waals surface area contributed by atoms with Gasteiger partial charge in [-0.3, -0.25) is 14.4 Å². The van der Waals surface area contributed by atoms with Crippen molar-refractivity contribution in [3.05, 3.63) is 59.7 Å². The molecule has 0 aromatic heterocycles. The summed E-state index contributed by atoms with van der Waals surface area (Å²) >= 11 is 0. The lowest BCUT2D eigenvalue weighted by Crippen LogP contribution is -2.40. The lowest BCUT2D eigenvalue weighted by molar-refractivity contribution is -0.114. The number of nitrogens with one attached hydrogen (secondary N) is 3. The van der Waals surface area contributed by atoms with Crippen LogP contribution < -0.4 is 16.0 Å². The molecule has 1 unspecified atom stereocenters. The average Bonchev–Trinajstić information content (AvgIpc) is 3.40. The summed E-state index contributed by atoms with van der Waals surface area (Å²) < 4.78 is 10.8. The molecule has 0 aliphatic carbocycles. The van der Waals surface area contributed by atoms with Gasteiger partial charge in [-0.2, -0.15) is 0 Å². The van der Waals surface area contributed by atoms with Crippen molar-refractivity contribution in [1.82, 2.24) is 10.2 Å². The quantitative estimate of drug-likeness (QED) is 0.550. The average molecular weight is 467 g/mol. The minimum Gasteiger partial charge on any atom is -0.378 e. The number of hydrogen-bond donors (Lipinski definition) is 3. The fraction of sp³-hybridized carbons (Fsp3) is 0.400. The molecule has 3 amide bonds. The number of hydrogen-bond acceptors (Lipinski definition) is 6. The molecule has 34 heavy (non-hydrogen) atoms. The highest BCUT2D eigenvalue weighted by Crippen LogP contribution is 2.15. The molecule has 9 nitrogen and oxygen atoms in total. The van der Waals surface area contributed by atoms with Crippen LogP contribution in [0.4, 0.5) is 11.4 Å². The summed E-state index contributed by atoms with van der Waals surface area (Å²) in [4.78, 5) is 39.3. The molecule has 0 spiro atoms. The van der Waals surface area contributed by atoms with Crippen LogP contribution in [0.25, 0.3) is 0 Å². The Kier molecular flexibility index (Phi) is 8.11. The maximum absolute atomic E-state index is 12.7. The molecule has 2 aromatic carbocycles. The monoisotopic (exact) mass is 466 g/mol. The molecule has 4 rings (SSSR count). The number of ether oxygens (including phenoxy) is 2. The van der Waals surface area contributed by atoms with Gasteiger partial charge < -0.3 is 30.3 Å². The normalized spacial score (nSPS) is 17.8. The smallest absolute Gasteiger partial charge is 0.254 e. The maximum atomic E-state index is 12.7. The fourth-order valence-electron chi connectivity index (χ4n) is 3.95. The van der Waals surface area contributed by atoms with Crippen LogP contribution in [0.2, 0.25) is 0 Å². The van der Waals surface area contributed by atoms with Crippen molar-refractivity contribution >= 4 is 29.1 Å². The van der Waals surface area contributed by atoms with Gasteiger partial charge in [-0.25, -0.2) is 0 Å². The van der Waals surface area contributed by atoms with Crippen molar-refractivity contribution in [2.75, 3.05) is 56.6 Å². The Balaban J connectivity index is 1.27. The highest BCUT2D eigenvalue weighted by molar-refractivity contribution is 5.98. The van der Waals surface area contributed by atoms with E-state index < -0.39 is 0 Å². The number of benzene rings is 2. The molecule has 0 saturated carbocycles. The Morgan fingerprint density at radius 1 is 0.941 bits per heavy atom. The third-order valence-electron chi connectivity index (χ3n) is 5.78. The van der Waals surface area contributed by atoms with Crippen LogP contribution in [0.5, 0.6) is 0 Å². The predicted octanol–water partition coefficient (Wildman–Crippen LogP) is 2.12. The summed E-state index contributed by atoms with van der Waals surface area (Å²) in [5, 5.41) is 8.73. The molecule has 2 aromatic rings. The van der Waals surface area contributed by atoms with E-state index in [1.54, 1.807) is 47.4 Å². The van der Waals surface area contributed by atoms with E-state index in [-0.39, 0.29) is 30.4 Å². The first-order valence-corrected chi connectivity index (χ1v) is 11.6. The maximum Gasteiger partial charge on any atom is 0.254 e. The van der Waals surface area contributed by atoms with Gasteiger partial charge in [0, 0.05) is 48.7 Å². The van der Waals surface area contributed by atoms with Crippen LogP contribution >= 0.6 is 0 Å². The van der Waals surface area contributed by atoms with Crippen LogP contribution in [0.3, 0.4) is 0 Å². The van der Waals surface area contributed by atoms with E-state index >= 15 is 0 Å². The molecule has 1 atom stereocenters. The second-order valence-electron chi connectivity index (χ2n) is 8.31. The van der Waals surface area contributed by atoms with Crippen LogP contribution in [0.1, 0.15) is 33.6 Å². The highest BCUT2D eigenvalue weighted by Gasteiger charge is 2.19. The number of carbonyl (C=O) groups excluding carboxylic acids is 3.